The molecule has 0 saturated heterocycles. The summed E-state index contributed by atoms with van der Waals surface area (Å²) in [6, 6.07) is 8.66. The van der Waals surface area contributed by atoms with Crippen LogP contribution in [0.1, 0.15) is 18.4 Å². The largest absolute Gasteiger partial charge is 0.375 e. The van der Waals surface area contributed by atoms with Crippen molar-refractivity contribution in [2.75, 3.05) is 31.6 Å². The average Bonchev–Trinajstić information content (AvgIpc) is 2.33. The Morgan fingerprint density at radius 2 is 2.18 bits per heavy atom. The predicted octanol–water partition coefficient (Wildman–Crippen LogP) is 2.99. The van der Waals surface area contributed by atoms with Crippen LogP contribution >= 0.6 is 0 Å². The Bertz CT molecular complexity index is 333. The summed E-state index contributed by atoms with van der Waals surface area (Å²) in [6.45, 7) is 8.92. The van der Waals surface area contributed by atoms with Gasteiger partial charge < -0.3 is 10.2 Å². The SMILES string of the molecule is C=CCNCCCCN(C)c1cccc(C)c1. The Morgan fingerprint density at radius 3 is 2.88 bits per heavy atom. The fourth-order valence-electron chi connectivity index (χ4n) is 1.80. The zero-order valence-corrected chi connectivity index (χ0v) is 11.1. The standard InChI is InChI=1S/C15H24N2/c1-4-10-16-11-5-6-12-17(3)15-9-7-8-14(2)13-15/h4,7-9,13,16H,1,5-6,10-12H2,2-3H3. The number of anilines is 1. The Labute approximate surface area is 105 Å². The zero-order chi connectivity index (χ0) is 12.5. The van der Waals surface area contributed by atoms with Gasteiger partial charge in [-0.05, 0) is 44.0 Å². The topological polar surface area (TPSA) is 15.3 Å². The van der Waals surface area contributed by atoms with Gasteiger partial charge in [0.2, 0.25) is 0 Å². The molecule has 1 rings (SSSR count). The van der Waals surface area contributed by atoms with Crippen LogP contribution in [0.2, 0.25) is 0 Å². The molecule has 0 aliphatic rings. The lowest BCUT2D eigenvalue weighted by Crippen LogP contribution is -2.21. The number of nitrogens with zero attached hydrogens (tertiary/aromatic N) is 1. The van der Waals surface area contributed by atoms with Crippen molar-refractivity contribution in [3.8, 4) is 0 Å². The first-order chi connectivity index (χ1) is 8.24. The molecule has 1 aromatic rings. The number of hydrogen-bond acceptors (Lipinski definition) is 2. The van der Waals surface area contributed by atoms with Crippen LogP contribution in [0.3, 0.4) is 0 Å². The second-order valence-electron chi connectivity index (χ2n) is 4.46. The molecule has 0 unspecified atom stereocenters. The van der Waals surface area contributed by atoms with Gasteiger partial charge in [0, 0.05) is 25.8 Å². The maximum Gasteiger partial charge on any atom is 0.0366 e. The third-order valence-electron chi connectivity index (χ3n) is 2.83. The Kier molecular flexibility index (Phi) is 6.41. The molecule has 0 fully saturated rings. The highest BCUT2D eigenvalue weighted by molar-refractivity contribution is 5.47. The molecule has 0 spiro atoms. The van der Waals surface area contributed by atoms with Gasteiger partial charge in [0.25, 0.3) is 0 Å². The lowest BCUT2D eigenvalue weighted by Gasteiger charge is -2.19. The number of aryl methyl sites for hydroxylation is 1. The zero-order valence-electron chi connectivity index (χ0n) is 11.1. The van der Waals surface area contributed by atoms with Crippen LogP contribution in [0.15, 0.2) is 36.9 Å². The van der Waals surface area contributed by atoms with E-state index in [0.717, 1.165) is 19.6 Å². The third kappa shape index (κ3) is 5.55. The van der Waals surface area contributed by atoms with Crippen LogP contribution in [-0.4, -0.2) is 26.7 Å². The lowest BCUT2D eigenvalue weighted by atomic mass is 10.2. The van der Waals surface area contributed by atoms with Crippen LogP contribution in [0.4, 0.5) is 5.69 Å². The summed E-state index contributed by atoms with van der Waals surface area (Å²) >= 11 is 0. The van der Waals surface area contributed by atoms with E-state index in [1.807, 2.05) is 6.08 Å². The molecular formula is C15H24N2. The van der Waals surface area contributed by atoms with E-state index >= 15 is 0 Å². The van der Waals surface area contributed by atoms with Crippen LogP contribution in [0, 0.1) is 6.92 Å². The highest BCUT2D eigenvalue weighted by Crippen LogP contribution is 2.14. The van der Waals surface area contributed by atoms with E-state index in [0.29, 0.717) is 0 Å². The second-order valence-corrected chi connectivity index (χ2v) is 4.46. The van der Waals surface area contributed by atoms with Crippen molar-refractivity contribution >= 4 is 5.69 Å². The summed E-state index contributed by atoms with van der Waals surface area (Å²) in [6.07, 6.45) is 4.33. The van der Waals surface area contributed by atoms with Crippen molar-refractivity contribution in [3.05, 3.63) is 42.5 Å². The molecule has 2 heteroatoms. The Balaban J connectivity index is 2.21. The van der Waals surface area contributed by atoms with Crippen LogP contribution in [0.5, 0.6) is 0 Å². The Morgan fingerprint density at radius 1 is 1.35 bits per heavy atom. The van der Waals surface area contributed by atoms with Gasteiger partial charge in [0.15, 0.2) is 0 Å². The number of nitrogens with one attached hydrogen (secondary N) is 1. The van der Waals surface area contributed by atoms with E-state index in [1.165, 1.54) is 24.1 Å². The van der Waals surface area contributed by atoms with E-state index in [-0.39, 0.29) is 0 Å². The number of unbranched alkanes of at least 4 members (excludes halogenated alkanes) is 1. The molecular weight excluding hydrogens is 208 g/mol. The van der Waals surface area contributed by atoms with Crippen molar-refractivity contribution in [3.63, 3.8) is 0 Å². The van der Waals surface area contributed by atoms with Crippen LogP contribution < -0.4 is 10.2 Å². The van der Waals surface area contributed by atoms with Gasteiger partial charge in [-0.3, -0.25) is 0 Å². The molecule has 1 N–H and O–H groups in total. The molecule has 0 bridgehead atoms. The lowest BCUT2D eigenvalue weighted by molar-refractivity contribution is 0.651. The van der Waals surface area contributed by atoms with Gasteiger partial charge in [-0.1, -0.05) is 18.2 Å². The molecule has 0 aromatic heterocycles. The first kappa shape index (κ1) is 13.8. The van der Waals surface area contributed by atoms with Crippen molar-refractivity contribution in [2.45, 2.75) is 19.8 Å². The Hall–Kier alpha value is -1.28. The second kappa shape index (κ2) is 7.91. The van der Waals surface area contributed by atoms with Crippen molar-refractivity contribution in [1.82, 2.24) is 5.32 Å². The normalized spacial score (nSPS) is 10.2. The van der Waals surface area contributed by atoms with Gasteiger partial charge in [0.05, 0.1) is 0 Å². The molecule has 17 heavy (non-hydrogen) atoms. The molecule has 1 aromatic carbocycles. The van der Waals surface area contributed by atoms with E-state index in [1.54, 1.807) is 0 Å². The monoisotopic (exact) mass is 232 g/mol. The highest BCUT2D eigenvalue weighted by atomic mass is 15.1. The molecule has 0 atom stereocenters. The minimum Gasteiger partial charge on any atom is -0.375 e. The summed E-state index contributed by atoms with van der Waals surface area (Å²) in [5.41, 5.74) is 2.63. The number of hydrogen-bond donors (Lipinski definition) is 1. The van der Waals surface area contributed by atoms with E-state index in [2.05, 4.69) is 55.0 Å². The number of rotatable bonds is 8. The molecule has 94 valence electrons. The van der Waals surface area contributed by atoms with E-state index in [9.17, 15) is 0 Å². The summed E-state index contributed by atoms with van der Waals surface area (Å²) in [7, 11) is 2.16. The first-order valence-electron chi connectivity index (χ1n) is 6.33. The van der Waals surface area contributed by atoms with Gasteiger partial charge >= 0.3 is 0 Å². The van der Waals surface area contributed by atoms with Gasteiger partial charge in [-0.2, -0.15) is 0 Å². The fourth-order valence-corrected chi connectivity index (χ4v) is 1.80. The fraction of sp³-hybridized carbons (Fsp3) is 0.467. The minimum atomic E-state index is 0.910. The average molecular weight is 232 g/mol. The maximum atomic E-state index is 3.68. The number of benzene rings is 1. The quantitative estimate of drug-likeness (QED) is 0.547. The molecule has 0 amide bonds. The van der Waals surface area contributed by atoms with Crippen LogP contribution in [0.25, 0.3) is 0 Å². The van der Waals surface area contributed by atoms with Gasteiger partial charge in [-0.15, -0.1) is 6.58 Å². The molecule has 0 aliphatic carbocycles. The molecule has 0 heterocycles. The van der Waals surface area contributed by atoms with E-state index in [4.69, 9.17) is 0 Å². The minimum absolute atomic E-state index is 0.910. The summed E-state index contributed by atoms with van der Waals surface area (Å²) in [4.78, 5) is 2.32. The predicted molar refractivity (Wildman–Crippen MR) is 76.7 cm³/mol. The third-order valence-corrected chi connectivity index (χ3v) is 2.83. The van der Waals surface area contributed by atoms with Gasteiger partial charge in [-0.25, -0.2) is 0 Å². The van der Waals surface area contributed by atoms with Crippen LogP contribution in [-0.2, 0) is 0 Å². The maximum absolute atomic E-state index is 3.68. The molecule has 0 saturated carbocycles. The molecule has 2 nitrogen and oxygen atoms in total. The van der Waals surface area contributed by atoms with Crippen molar-refractivity contribution in [1.29, 1.82) is 0 Å². The summed E-state index contributed by atoms with van der Waals surface area (Å²) < 4.78 is 0. The smallest absolute Gasteiger partial charge is 0.0366 e. The summed E-state index contributed by atoms with van der Waals surface area (Å²) in [5.74, 6) is 0. The van der Waals surface area contributed by atoms with Crippen molar-refractivity contribution < 1.29 is 0 Å². The summed E-state index contributed by atoms with van der Waals surface area (Å²) in [5, 5.41) is 3.32. The highest BCUT2D eigenvalue weighted by Gasteiger charge is 1.99. The van der Waals surface area contributed by atoms with E-state index < -0.39 is 0 Å². The van der Waals surface area contributed by atoms with Crippen molar-refractivity contribution in [2.24, 2.45) is 0 Å². The first-order valence-corrected chi connectivity index (χ1v) is 6.33. The molecule has 0 radical (unpaired) electrons. The van der Waals surface area contributed by atoms with Gasteiger partial charge in [0.1, 0.15) is 0 Å². The molecule has 0 aliphatic heterocycles.